The molecule has 0 aliphatic rings. The number of ether oxygens (including phenoxy) is 1. The third-order valence-electron chi connectivity index (χ3n) is 1.55. The van der Waals surface area contributed by atoms with Crippen LogP contribution in [0.5, 0.6) is 0 Å². The van der Waals surface area contributed by atoms with E-state index in [-0.39, 0.29) is 12.4 Å². The van der Waals surface area contributed by atoms with Crippen LogP contribution < -0.4 is 4.72 Å². The third-order valence-corrected chi connectivity index (χ3v) is 5.53. The van der Waals surface area contributed by atoms with E-state index in [1.54, 1.807) is 0 Å². The Morgan fingerprint density at radius 2 is 1.86 bits per heavy atom. The van der Waals surface area contributed by atoms with Gasteiger partial charge in [-0.1, -0.05) is 31.9 Å². The van der Waals surface area contributed by atoms with Crippen molar-refractivity contribution in [1.82, 2.24) is 4.72 Å². The van der Waals surface area contributed by atoms with E-state index in [0.717, 1.165) is 0 Å². The maximum atomic E-state index is 11.5. The largest absolute Gasteiger partial charge is 0.384 e. The van der Waals surface area contributed by atoms with Crippen LogP contribution in [0.4, 0.5) is 0 Å². The van der Waals surface area contributed by atoms with Crippen LogP contribution in [0.25, 0.3) is 0 Å². The van der Waals surface area contributed by atoms with Crippen molar-refractivity contribution in [3.05, 3.63) is 0 Å². The summed E-state index contributed by atoms with van der Waals surface area (Å²) in [7, 11) is -1.78. The lowest BCUT2D eigenvalue weighted by molar-refractivity contribution is 0.216. The number of rotatable bonds is 7. The molecular weight excluding hydrogens is 338 g/mol. The molecule has 7 heteroatoms. The molecule has 0 aliphatic carbocycles. The molecule has 0 amide bonds. The predicted octanol–water partition coefficient (Wildman–Crippen LogP) is 1.10. The Morgan fingerprint density at radius 1 is 1.36 bits per heavy atom. The van der Waals surface area contributed by atoms with Crippen molar-refractivity contribution in [3.63, 3.8) is 0 Å². The van der Waals surface area contributed by atoms with Gasteiger partial charge in [0, 0.05) is 23.3 Å². The Labute approximate surface area is 102 Å². The molecule has 14 heavy (non-hydrogen) atoms. The van der Waals surface area contributed by atoms with Crippen LogP contribution in [0.3, 0.4) is 0 Å². The molecular formula is C7H15Br2NO3S. The van der Waals surface area contributed by atoms with E-state index >= 15 is 0 Å². The van der Waals surface area contributed by atoms with Gasteiger partial charge in [-0.05, 0) is 6.92 Å². The minimum atomic E-state index is -3.26. The summed E-state index contributed by atoms with van der Waals surface area (Å²) in [5.74, 6) is -0.0148. The van der Waals surface area contributed by atoms with Gasteiger partial charge in [0.15, 0.2) is 0 Å². The molecule has 0 radical (unpaired) electrons. The first kappa shape index (κ1) is 14.8. The Kier molecular flexibility index (Phi) is 6.80. The second-order valence-corrected chi connectivity index (χ2v) is 6.20. The monoisotopic (exact) mass is 351 g/mol. The molecule has 0 saturated heterocycles. The summed E-state index contributed by atoms with van der Waals surface area (Å²) in [6, 6.07) is 0. The van der Waals surface area contributed by atoms with Crippen molar-refractivity contribution >= 4 is 41.9 Å². The van der Waals surface area contributed by atoms with Crippen molar-refractivity contribution in [2.45, 2.75) is 12.5 Å². The number of alkyl halides is 2. The molecule has 0 saturated carbocycles. The van der Waals surface area contributed by atoms with Crippen LogP contribution in [-0.4, -0.2) is 44.1 Å². The van der Waals surface area contributed by atoms with Crippen LogP contribution in [0.15, 0.2) is 0 Å². The summed E-state index contributed by atoms with van der Waals surface area (Å²) >= 11 is 6.53. The van der Waals surface area contributed by atoms with Crippen molar-refractivity contribution < 1.29 is 13.2 Å². The minimum Gasteiger partial charge on any atom is -0.384 e. The highest BCUT2D eigenvalue weighted by Crippen LogP contribution is 2.12. The van der Waals surface area contributed by atoms with Gasteiger partial charge in [-0.3, -0.25) is 0 Å². The first-order valence-electron chi connectivity index (χ1n) is 4.01. The summed E-state index contributed by atoms with van der Waals surface area (Å²) in [6.45, 7) is 2.02. The third kappa shape index (κ3) is 5.65. The molecule has 0 aromatic heterocycles. The Hall–Kier alpha value is 0.830. The number of nitrogens with one attached hydrogen (secondary N) is 1. The van der Waals surface area contributed by atoms with Crippen molar-refractivity contribution in [2.75, 3.05) is 30.1 Å². The summed E-state index contributed by atoms with van der Waals surface area (Å²) in [4.78, 5) is 0. The fourth-order valence-electron chi connectivity index (χ4n) is 0.710. The summed E-state index contributed by atoms with van der Waals surface area (Å²) in [6.07, 6.45) is 0. The maximum absolute atomic E-state index is 11.5. The van der Waals surface area contributed by atoms with Gasteiger partial charge in [0.25, 0.3) is 0 Å². The molecule has 1 N–H and O–H groups in total. The van der Waals surface area contributed by atoms with E-state index < -0.39 is 15.6 Å². The van der Waals surface area contributed by atoms with E-state index in [4.69, 9.17) is 4.74 Å². The maximum Gasteiger partial charge on any atom is 0.214 e. The summed E-state index contributed by atoms with van der Waals surface area (Å²) in [5, 5.41) is 1.11. The van der Waals surface area contributed by atoms with E-state index in [1.165, 1.54) is 7.11 Å². The molecule has 0 aromatic carbocycles. The lowest BCUT2D eigenvalue weighted by Crippen LogP contribution is -2.49. The average molecular weight is 353 g/mol. The Bertz CT molecular complexity index is 252. The standard InChI is InChI=1S/C7H15Br2NO3S/c1-7(5-8,6-9)10-14(11,12)4-3-13-2/h10H,3-6H2,1-2H3. The summed E-state index contributed by atoms with van der Waals surface area (Å²) in [5.41, 5.74) is -0.493. The zero-order valence-electron chi connectivity index (χ0n) is 8.22. The van der Waals surface area contributed by atoms with E-state index in [2.05, 4.69) is 36.6 Å². The van der Waals surface area contributed by atoms with Crippen molar-refractivity contribution in [1.29, 1.82) is 0 Å². The Morgan fingerprint density at radius 3 is 2.21 bits per heavy atom. The van der Waals surface area contributed by atoms with Crippen molar-refractivity contribution in [3.8, 4) is 0 Å². The van der Waals surface area contributed by atoms with Crippen LogP contribution >= 0.6 is 31.9 Å². The van der Waals surface area contributed by atoms with E-state index in [0.29, 0.717) is 10.7 Å². The van der Waals surface area contributed by atoms with Gasteiger partial charge in [-0.15, -0.1) is 0 Å². The normalized spacial score (nSPS) is 13.1. The smallest absolute Gasteiger partial charge is 0.214 e. The van der Waals surface area contributed by atoms with Gasteiger partial charge in [-0.2, -0.15) is 0 Å². The van der Waals surface area contributed by atoms with Crippen LogP contribution in [-0.2, 0) is 14.8 Å². The second kappa shape index (κ2) is 6.42. The number of methoxy groups -OCH3 is 1. The fourth-order valence-corrected chi connectivity index (χ4v) is 3.67. The first-order chi connectivity index (χ1) is 6.39. The van der Waals surface area contributed by atoms with Crippen LogP contribution in [0.2, 0.25) is 0 Å². The second-order valence-electron chi connectivity index (χ2n) is 3.24. The molecule has 0 heterocycles. The Balaban J connectivity index is 4.33. The van der Waals surface area contributed by atoms with Gasteiger partial charge in [-0.25, -0.2) is 13.1 Å². The zero-order valence-corrected chi connectivity index (χ0v) is 12.2. The summed E-state index contributed by atoms with van der Waals surface area (Å²) < 4.78 is 30.3. The van der Waals surface area contributed by atoms with Crippen LogP contribution in [0, 0.1) is 0 Å². The van der Waals surface area contributed by atoms with E-state index in [9.17, 15) is 8.42 Å². The molecule has 0 unspecified atom stereocenters. The van der Waals surface area contributed by atoms with Gasteiger partial charge in [0.1, 0.15) is 0 Å². The highest BCUT2D eigenvalue weighted by atomic mass is 79.9. The van der Waals surface area contributed by atoms with E-state index in [1.807, 2.05) is 6.92 Å². The predicted molar refractivity (Wildman–Crippen MR) is 64.8 cm³/mol. The molecule has 0 atom stereocenters. The highest BCUT2D eigenvalue weighted by molar-refractivity contribution is 9.09. The molecule has 0 bridgehead atoms. The molecule has 0 spiro atoms. The van der Waals surface area contributed by atoms with Gasteiger partial charge >= 0.3 is 0 Å². The van der Waals surface area contributed by atoms with Crippen molar-refractivity contribution in [2.24, 2.45) is 0 Å². The van der Waals surface area contributed by atoms with Crippen LogP contribution in [0.1, 0.15) is 6.92 Å². The first-order valence-corrected chi connectivity index (χ1v) is 7.91. The fraction of sp³-hybridized carbons (Fsp3) is 1.00. The topological polar surface area (TPSA) is 55.4 Å². The van der Waals surface area contributed by atoms with Gasteiger partial charge in [0.2, 0.25) is 10.0 Å². The quantitative estimate of drug-likeness (QED) is 0.698. The number of sulfonamides is 1. The number of halogens is 2. The van der Waals surface area contributed by atoms with Gasteiger partial charge in [0.05, 0.1) is 12.4 Å². The highest BCUT2D eigenvalue weighted by Gasteiger charge is 2.27. The number of hydrogen-bond donors (Lipinski definition) is 1. The van der Waals surface area contributed by atoms with Gasteiger partial charge < -0.3 is 4.74 Å². The molecule has 4 nitrogen and oxygen atoms in total. The zero-order chi connectivity index (χ0) is 11.2. The molecule has 0 aromatic rings. The SMILES string of the molecule is COCCS(=O)(=O)NC(C)(CBr)CBr. The lowest BCUT2D eigenvalue weighted by Gasteiger charge is -2.25. The average Bonchev–Trinajstić information content (AvgIpc) is 2.14. The minimum absolute atomic E-state index is 0.0148. The molecule has 0 aliphatic heterocycles. The molecule has 86 valence electrons. The number of hydrogen-bond acceptors (Lipinski definition) is 3. The molecule has 0 fully saturated rings. The molecule has 0 rings (SSSR count). The lowest BCUT2D eigenvalue weighted by atomic mass is 10.1.